The Bertz CT molecular complexity index is 647. The number of aromatic hydroxyl groups is 1. The molecular formula is C11H13N3O3S. The van der Waals surface area contributed by atoms with E-state index in [1.165, 1.54) is 21.9 Å². The van der Waals surface area contributed by atoms with E-state index in [4.69, 9.17) is 0 Å². The Morgan fingerprint density at radius 1 is 1.67 bits per heavy atom. The van der Waals surface area contributed by atoms with Gasteiger partial charge in [0.2, 0.25) is 5.88 Å². The highest BCUT2D eigenvalue weighted by molar-refractivity contribution is 7.15. The normalized spacial score (nSPS) is 12.6. The number of amides is 1. The van der Waals surface area contributed by atoms with Gasteiger partial charge in [0, 0.05) is 17.6 Å². The molecule has 1 atom stereocenters. The highest BCUT2D eigenvalue weighted by Gasteiger charge is 2.20. The van der Waals surface area contributed by atoms with Crippen molar-refractivity contribution in [2.45, 2.75) is 26.3 Å². The molecule has 0 radical (unpaired) electrons. The van der Waals surface area contributed by atoms with Crippen molar-refractivity contribution in [3.05, 3.63) is 27.5 Å². The van der Waals surface area contributed by atoms with Gasteiger partial charge in [0.25, 0.3) is 11.5 Å². The number of fused-ring (bicyclic) bond motifs is 1. The third kappa shape index (κ3) is 2.08. The van der Waals surface area contributed by atoms with Gasteiger partial charge in [0.05, 0.1) is 0 Å². The number of carbonyl (C=O) groups excluding carboxylic acids is 1. The molecule has 2 heterocycles. The van der Waals surface area contributed by atoms with Crippen molar-refractivity contribution < 1.29 is 9.90 Å². The first kappa shape index (κ1) is 12.6. The van der Waals surface area contributed by atoms with Gasteiger partial charge in [0.15, 0.2) is 10.5 Å². The third-order valence-corrected chi connectivity index (χ3v) is 3.42. The van der Waals surface area contributed by atoms with E-state index in [1.807, 2.05) is 13.8 Å². The van der Waals surface area contributed by atoms with E-state index in [0.29, 0.717) is 4.96 Å². The first-order valence-corrected chi connectivity index (χ1v) is 6.42. The van der Waals surface area contributed by atoms with Crippen LogP contribution in [0.25, 0.3) is 4.96 Å². The molecule has 0 aliphatic carbocycles. The lowest BCUT2D eigenvalue weighted by molar-refractivity contribution is 0.0934. The van der Waals surface area contributed by atoms with Gasteiger partial charge in [-0.3, -0.25) is 14.0 Å². The summed E-state index contributed by atoms with van der Waals surface area (Å²) in [7, 11) is 0. The second kappa shape index (κ2) is 4.77. The molecule has 0 saturated carbocycles. The van der Waals surface area contributed by atoms with Gasteiger partial charge in [-0.1, -0.05) is 6.92 Å². The maximum Gasteiger partial charge on any atom is 0.275 e. The van der Waals surface area contributed by atoms with Crippen LogP contribution in [0.1, 0.15) is 30.6 Å². The molecule has 0 aliphatic rings. The van der Waals surface area contributed by atoms with Crippen LogP contribution in [0, 0.1) is 0 Å². The maximum absolute atomic E-state index is 12.0. The zero-order valence-electron chi connectivity index (χ0n) is 10.0. The van der Waals surface area contributed by atoms with Gasteiger partial charge in [-0.15, -0.1) is 11.3 Å². The number of nitrogens with zero attached hydrogens (tertiary/aromatic N) is 2. The predicted octanol–water partition coefficient (Wildman–Crippen LogP) is 0.990. The molecule has 0 saturated heterocycles. The Balaban J connectivity index is 2.50. The van der Waals surface area contributed by atoms with Crippen LogP contribution in [0.2, 0.25) is 0 Å². The smallest absolute Gasteiger partial charge is 0.275 e. The van der Waals surface area contributed by atoms with Gasteiger partial charge in [-0.2, -0.15) is 4.98 Å². The molecule has 2 N–H and O–H groups in total. The van der Waals surface area contributed by atoms with Crippen LogP contribution in [-0.4, -0.2) is 26.4 Å². The fourth-order valence-electron chi connectivity index (χ4n) is 1.47. The molecule has 2 aromatic heterocycles. The second-order valence-corrected chi connectivity index (χ2v) is 4.83. The van der Waals surface area contributed by atoms with Crippen molar-refractivity contribution in [3.63, 3.8) is 0 Å². The zero-order valence-corrected chi connectivity index (χ0v) is 10.8. The number of nitrogens with one attached hydrogen (secondary N) is 1. The molecule has 1 amide bonds. The van der Waals surface area contributed by atoms with Crippen molar-refractivity contribution in [1.82, 2.24) is 14.7 Å². The SMILES string of the molecule is CCC(C)NC(=O)c1c(O)nc2sccn2c1=O. The lowest BCUT2D eigenvalue weighted by Crippen LogP contribution is -2.36. The molecule has 6 nitrogen and oxygen atoms in total. The van der Waals surface area contributed by atoms with Gasteiger partial charge in [-0.25, -0.2) is 0 Å². The average Bonchev–Trinajstić information content (AvgIpc) is 2.76. The van der Waals surface area contributed by atoms with Crippen molar-refractivity contribution >= 4 is 22.2 Å². The second-order valence-electron chi connectivity index (χ2n) is 3.95. The van der Waals surface area contributed by atoms with Crippen LogP contribution in [0.3, 0.4) is 0 Å². The molecule has 7 heteroatoms. The molecular weight excluding hydrogens is 254 g/mol. The van der Waals surface area contributed by atoms with E-state index in [9.17, 15) is 14.7 Å². The fraction of sp³-hybridized carbons (Fsp3) is 0.364. The van der Waals surface area contributed by atoms with E-state index in [0.717, 1.165) is 6.42 Å². The van der Waals surface area contributed by atoms with E-state index in [-0.39, 0.29) is 11.6 Å². The van der Waals surface area contributed by atoms with Crippen molar-refractivity contribution in [3.8, 4) is 5.88 Å². The molecule has 0 spiro atoms. The summed E-state index contributed by atoms with van der Waals surface area (Å²) in [4.78, 5) is 28.1. The van der Waals surface area contributed by atoms with Crippen LogP contribution in [0.15, 0.2) is 16.4 Å². The Labute approximate surface area is 107 Å². The molecule has 0 bridgehead atoms. The summed E-state index contributed by atoms with van der Waals surface area (Å²) < 4.78 is 1.25. The summed E-state index contributed by atoms with van der Waals surface area (Å²) in [6.07, 6.45) is 2.26. The summed E-state index contributed by atoms with van der Waals surface area (Å²) >= 11 is 1.21. The van der Waals surface area contributed by atoms with Gasteiger partial charge in [0.1, 0.15) is 0 Å². The fourth-order valence-corrected chi connectivity index (χ4v) is 2.17. The summed E-state index contributed by atoms with van der Waals surface area (Å²) in [5, 5.41) is 14.0. The molecule has 2 rings (SSSR count). The van der Waals surface area contributed by atoms with E-state index >= 15 is 0 Å². The van der Waals surface area contributed by atoms with Crippen molar-refractivity contribution in [2.24, 2.45) is 0 Å². The number of aromatic nitrogens is 2. The molecule has 0 aromatic carbocycles. The Morgan fingerprint density at radius 2 is 2.39 bits per heavy atom. The lowest BCUT2D eigenvalue weighted by Gasteiger charge is -2.11. The number of hydrogen-bond donors (Lipinski definition) is 2. The molecule has 0 aliphatic heterocycles. The van der Waals surface area contributed by atoms with Gasteiger partial charge < -0.3 is 10.4 Å². The standard InChI is InChI=1S/C11H13N3O3S/c1-3-6(2)12-8(15)7-9(16)13-11-14(10(7)17)4-5-18-11/h4-6,16H,3H2,1-2H3,(H,12,15). The molecule has 1 unspecified atom stereocenters. The Hall–Kier alpha value is -1.89. The average molecular weight is 267 g/mol. The van der Waals surface area contributed by atoms with E-state index in [1.54, 1.807) is 5.38 Å². The minimum Gasteiger partial charge on any atom is -0.492 e. The molecule has 96 valence electrons. The Kier molecular flexibility index (Phi) is 3.33. The zero-order chi connectivity index (χ0) is 13.3. The van der Waals surface area contributed by atoms with Gasteiger partial charge in [-0.05, 0) is 13.3 Å². The summed E-state index contributed by atoms with van der Waals surface area (Å²) in [6, 6.07) is -0.0699. The van der Waals surface area contributed by atoms with Crippen LogP contribution in [0.5, 0.6) is 5.88 Å². The predicted molar refractivity (Wildman–Crippen MR) is 68.2 cm³/mol. The monoisotopic (exact) mass is 267 g/mol. The van der Waals surface area contributed by atoms with Crippen LogP contribution in [-0.2, 0) is 0 Å². The minimum atomic E-state index is -0.597. The van der Waals surface area contributed by atoms with Crippen LogP contribution in [0.4, 0.5) is 0 Å². The van der Waals surface area contributed by atoms with Crippen LogP contribution >= 0.6 is 11.3 Å². The van der Waals surface area contributed by atoms with Crippen molar-refractivity contribution in [1.29, 1.82) is 0 Å². The molecule has 0 fully saturated rings. The summed E-state index contributed by atoms with van der Waals surface area (Å²) in [5.41, 5.74) is -0.870. The van der Waals surface area contributed by atoms with Crippen molar-refractivity contribution in [2.75, 3.05) is 0 Å². The minimum absolute atomic E-state index is 0.0699. The highest BCUT2D eigenvalue weighted by atomic mass is 32.1. The number of carbonyl (C=O) groups is 1. The van der Waals surface area contributed by atoms with Crippen LogP contribution < -0.4 is 10.9 Å². The Morgan fingerprint density at radius 3 is 3.06 bits per heavy atom. The number of hydrogen-bond acceptors (Lipinski definition) is 5. The summed E-state index contributed by atoms with van der Waals surface area (Å²) in [5.74, 6) is -1.12. The van der Waals surface area contributed by atoms with E-state index < -0.39 is 17.3 Å². The third-order valence-electron chi connectivity index (χ3n) is 2.66. The quantitative estimate of drug-likeness (QED) is 0.868. The van der Waals surface area contributed by atoms with E-state index in [2.05, 4.69) is 10.3 Å². The maximum atomic E-state index is 12.0. The van der Waals surface area contributed by atoms with Gasteiger partial charge >= 0.3 is 0 Å². The number of thiazole rings is 1. The lowest BCUT2D eigenvalue weighted by atomic mass is 10.2. The highest BCUT2D eigenvalue weighted by Crippen LogP contribution is 2.14. The molecule has 2 aromatic rings. The first-order chi connectivity index (χ1) is 8.54. The molecule has 18 heavy (non-hydrogen) atoms. The first-order valence-electron chi connectivity index (χ1n) is 5.54. The largest absolute Gasteiger partial charge is 0.492 e. The summed E-state index contributed by atoms with van der Waals surface area (Å²) in [6.45, 7) is 3.74. The number of rotatable bonds is 3. The topological polar surface area (TPSA) is 83.7 Å².